The smallest absolute Gasteiger partial charge is 0.331 e. The van der Waals surface area contributed by atoms with Crippen molar-refractivity contribution in [2.24, 2.45) is 0 Å². The van der Waals surface area contributed by atoms with Crippen LogP contribution in [0.2, 0.25) is 0 Å². The Morgan fingerprint density at radius 3 is 2.72 bits per heavy atom. The van der Waals surface area contributed by atoms with Gasteiger partial charge in [0.15, 0.2) is 0 Å². The van der Waals surface area contributed by atoms with Gasteiger partial charge in [0.2, 0.25) is 5.91 Å². The molecule has 0 unspecified atom stereocenters. The lowest BCUT2D eigenvalue weighted by Gasteiger charge is -2.34. The maximum Gasteiger partial charge on any atom is 0.331 e. The number of methoxy groups -OCH3 is 2. The molecule has 1 atom stereocenters. The zero-order valence-electron chi connectivity index (χ0n) is 20.9. The fraction of sp³-hybridized carbons (Fsp3) is 0.423. The summed E-state index contributed by atoms with van der Waals surface area (Å²) in [6.07, 6.45) is 3.87. The number of hydrogen-bond acceptors (Lipinski definition) is 7. The van der Waals surface area contributed by atoms with Crippen LogP contribution in [0, 0.1) is 0 Å². The first kappa shape index (κ1) is 24.1. The molecule has 2 saturated heterocycles. The molecule has 2 aliphatic rings. The van der Waals surface area contributed by atoms with E-state index in [9.17, 15) is 9.59 Å². The van der Waals surface area contributed by atoms with Crippen LogP contribution in [0.5, 0.6) is 11.5 Å². The van der Waals surface area contributed by atoms with Crippen LogP contribution >= 0.6 is 0 Å². The third kappa shape index (κ3) is 4.74. The molecule has 2 fully saturated rings. The number of piperazine rings is 1. The minimum atomic E-state index is -0.361. The number of carbonyl (C=O) groups excluding carboxylic acids is 2. The third-order valence-electron chi connectivity index (χ3n) is 6.85. The van der Waals surface area contributed by atoms with Gasteiger partial charge in [-0.3, -0.25) is 19.5 Å². The number of urea groups is 1. The van der Waals surface area contributed by atoms with Crippen molar-refractivity contribution >= 4 is 23.1 Å². The fourth-order valence-electron chi connectivity index (χ4n) is 4.95. The highest BCUT2D eigenvalue weighted by Crippen LogP contribution is 2.30. The summed E-state index contributed by atoms with van der Waals surface area (Å²) < 4.78 is 12.5. The van der Waals surface area contributed by atoms with Gasteiger partial charge in [0, 0.05) is 63.0 Å². The third-order valence-corrected chi connectivity index (χ3v) is 6.85. The first-order valence-electron chi connectivity index (χ1n) is 12.2. The number of amides is 3. The van der Waals surface area contributed by atoms with E-state index < -0.39 is 0 Å². The Labute approximate surface area is 210 Å². The van der Waals surface area contributed by atoms with Crippen molar-refractivity contribution in [3.05, 3.63) is 53.9 Å². The molecule has 36 heavy (non-hydrogen) atoms. The number of nitrogens with zero attached hydrogens (tertiary/aromatic N) is 5. The van der Waals surface area contributed by atoms with Crippen LogP contribution in [0.1, 0.15) is 24.5 Å². The van der Waals surface area contributed by atoms with E-state index in [1.54, 1.807) is 42.0 Å². The molecule has 1 aromatic carbocycles. The van der Waals surface area contributed by atoms with Gasteiger partial charge in [-0.1, -0.05) is 0 Å². The summed E-state index contributed by atoms with van der Waals surface area (Å²) in [5.41, 5.74) is 3.45. The molecular weight excluding hydrogens is 460 g/mol. The van der Waals surface area contributed by atoms with Crippen molar-refractivity contribution in [1.82, 2.24) is 24.7 Å². The lowest BCUT2D eigenvalue weighted by Crippen LogP contribution is -2.52. The minimum Gasteiger partial charge on any atom is -0.497 e. The molecule has 3 aromatic rings. The molecule has 0 aliphatic carbocycles. The van der Waals surface area contributed by atoms with Crippen LogP contribution < -0.4 is 19.7 Å². The highest BCUT2D eigenvalue weighted by atomic mass is 16.5. The number of anilines is 1. The average molecular weight is 493 g/mol. The number of nitrogens with one attached hydrogen (secondary N) is 1. The van der Waals surface area contributed by atoms with Crippen molar-refractivity contribution in [3.63, 3.8) is 0 Å². The average Bonchev–Trinajstić information content (AvgIpc) is 3.29. The monoisotopic (exact) mass is 492 g/mol. The second-order valence-electron chi connectivity index (χ2n) is 9.33. The predicted molar refractivity (Wildman–Crippen MR) is 135 cm³/mol. The summed E-state index contributed by atoms with van der Waals surface area (Å²) in [7, 11) is 3.14. The van der Waals surface area contributed by atoms with Crippen molar-refractivity contribution in [2.45, 2.75) is 32.5 Å². The summed E-state index contributed by atoms with van der Waals surface area (Å²) in [5.74, 6) is 1.000. The van der Waals surface area contributed by atoms with Gasteiger partial charge in [-0.15, -0.1) is 0 Å². The quantitative estimate of drug-likeness (QED) is 0.542. The van der Waals surface area contributed by atoms with E-state index in [0.29, 0.717) is 29.8 Å². The van der Waals surface area contributed by atoms with Crippen molar-refractivity contribution in [2.75, 3.05) is 45.3 Å². The normalized spacial score (nSPS) is 19.2. The Bertz CT molecular complexity index is 1270. The molecule has 5 rings (SSSR count). The van der Waals surface area contributed by atoms with Crippen molar-refractivity contribution in [1.29, 1.82) is 0 Å². The summed E-state index contributed by atoms with van der Waals surface area (Å²) in [4.78, 5) is 31.7. The molecule has 0 radical (unpaired) electrons. The molecule has 0 spiro atoms. The molecule has 1 N–H and O–H groups in total. The zero-order valence-corrected chi connectivity index (χ0v) is 20.9. The van der Waals surface area contributed by atoms with Gasteiger partial charge in [0.1, 0.15) is 11.5 Å². The van der Waals surface area contributed by atoms with Gasteiger partial charge in [-0.25, -0.2) is 9.31 Å². The largest absolute Gasteiger partial charge is 0.497 e. The predicted octanol–water partition coefficient (Wildman–Crippen LogP) is 2.50. The number of carbonyl (C=O) groups is 2. The van der Waals surface area contributed by atoms with Crippen molar-refractivity contribution < 1.29 is 19.1 Å². The molecule has 190 valence electrons. The number of imide groups is 1. The number of aromatic nitrogens is 2. The van der Waals surface area contributed by atoms with Crippen LogP contribution in [0.15, 0.2) is 42.7 Å². The summed E-state index contributed by atoms with van der Waals surface area (Å²) in [6, 6.07) is 9.62. The second-order valence-corrected chi connectivity index (χ2v) is 9.33. The lowest BCUT2D eigenvalue weighted by molar-refractivity contribution is -0.129. The van der Waals surface area contributed by atoms with E-state index in [-0.39, 0.29) is 24.9 Å². The van der Waals surface area contributed by atoms with E-state index in [1.165, 1.54) is 10.5 Å². The van der Waals surface area contributed by atoms with Gasteiger partial charge < -0.3 is 14.8 Å². The molecule has 4 heterocycles. The molecule has 3 amide bonds. The first-order chi connectivity index (χ1) is 17.5. The second kappa shape index (κ2) is 10.2. The Kier molecular flexibility index (Phi) is 6.80. The van der Waals surface area contributed by atoms with Gasteiger partial charge >= 0.3 is 6.03 Å². The topological polar surface area (TPSA) is 91.6 Å². The molecule has 10 nitrogen and oxygen atoms in total. The Balaban J connectivity index is 1.39. The van der Waals surface area contributed by atoms with E-state index in [4.69, 9.17) is 9.47 Å². The number of hydrogen-bond donors (Lipinski definition) is 1. The summed E-state index contributed by atoms with van der Waals surface area (Å²) in [5, 5.41) is 7.94. The van der Waals surface area contributed by atoms with E-state index >= 15 is 0 Å². The molecule has 2 aromatic heterocycles. The van der Waals surface area contributed by atoms with Crippen molar-refractivity contribution in [3.8, 4) is 11.5 Å². The minimum absolute atomic E-state index is 0.118. The first-order valence-corrected chi connectivity index (χ1v) is 12.2. The summed E-state index contributed by atoms with van der Waals surface area (Å²) in [6.45, 7) is 6.43. The van der Waals surface area contributed by atoms with E-state index in [2.05, 4.69) is 34.4 Å². The van der Waals surface area contributed by atoms with Gasteiger partial charge in [-0.05, 0) is 36.8 Å². The number of rotatable bonds is 7. The number of benzene rings is 1. The lowest BCUT2D eigenvalue weighted by atomic mass is 10.1. The highest BCUT2D eigenvalue weighted by Gasteiger charge is 2.34. The van der Waals surface area contributed by atoms with Gasteiger partial charge in [0.05, 0.1) is 38.2 Å². The van der Waals surface area contributed by atoms with E-state index in [1.807, 2.05) is 12.3 Å². The van der Waals surface area contributed by atoms with E-state index in [0.717, 1.165) is 37.3 Å². The zero-order chi connectivity index (χ0) is 25.2. The van der Waals surface area contributed by atoms with Gasteiger partial charge in [-0.2, -0.15) is 5.10 Å². The van der Waals surface area contributed by atoms with Crippen LogP contribution in [-0.2, 0) is 17.9 Å². The number of pyridine rings is 1. The molecule has 2 aliphatic heterocycles. The van der Waals surface area contributed by atoms with Crippen LogP contribution in [-0.4, -0.2) is 77.8 Å². The molecular formula is C26H32N6O4. The standard InChI is InChI=1S/C26H32N6O4/c1-18-15-29(11-8-27-18)16-19-6-10-32-22(12-19)23(14-28-32)30-9-7-25(33)31(26(30)34)17-20-4-5-21(35-2)13-24(20)36-3/h4-6,10,12-14,18,27H,7-9,11,15-17H2,1-3H3/t18-/m0/s1. The van der Waals surface area contributed by atoms with Gasteiger partial charge in [0.25, 0.3) is 0 Å². The molecule has 10 heteroatoms. The Morgan fingerprint density at radius 1 is 1.08 bits per heavy atom. The number of fused-ring (bicyclic) bond motifs is 1. The molecule has 0 saturated carbocycles. The molecule has 0 bridgehead atoms. The maximum atomic E-state index is 13.6. The SMILES string of the molecule is COc1ccc(CN2C(=O)CCN(c3cnn4ccc(CN5CCN[C@@H](C)C5)cc34)C2=O)c(OC)c1. The fourth-order valence-corrected chi connectivity index (χ4v) is 4.95. The Morgan fingerprint density at radius 2 is 1.94 bits per heavy atom. The maximum absolute atomic E-state index is 13.6. The highest BCUT2D eigenvalue weighted by molar-refractivity contribution is 6.07. The Hall–Kier alpha value is -3.63. The van der Waals surface area contributed by atoms with Crippen LogP contribution in [0.25, 0.3) is 5.52 Å². The number of ether oxygens (including phenoxy) is 2. The van der Waals surface area contributed by atoms with Crippen LogP contribution in [0.3, 0.4) is 0 Å². The summed E-state index contributed by atoms with van der Waals surface area (Å²) >= 11 is 0. The van der Waals surface area contributed by atoms with Crippen LogP contribution in [0.4, 0.5) is 10.5 Å².